The molecule has 20 heavy (non-hydrogen) atoms. The molecule has 0 aliphatic rings. The molecule has 0 aliphatic heterocycles. The summed E-state index contributed by atoms with van der Waals surface area (Å²) in [5, 5.41) is 11.4. The van der Waals surface area contributed by atoms with Crippen LogP contribution in [0.25, 0.3) is 0 Å². The number of nitrogens with one attached hydrogen (secondary N) is 1. The van der Waals surface area contributed by atoms with Crippen LogP contribution in [-0.4, -0.2) is 9.97 Å². The van der Waals surface area contributed by atoms with E-state index >= 15 is 0 Å². The third kappa shape index (κ3) is 3.45. The average Bonchev–Trinajstić information content (AvgIpc) is 2.45. The van der Waals surface area contributed by atoms with Crippen LogP contribution in [-0.2, 0) is 12.7 Å². The molecule has 1 N–H and O–H groups in total. The molecule has 1 aromatic carbocycles. The number of alkyl halides is 3. The number of anilines is 1. The van der Waals surface area contributed by atoms with E-state index in [-0.39, 0.29) is 12.2 Å². The normalized spacial score (nSPS) is 10.9. The molecule has 0 saturated carbocycles. The fourth-order valence-electron chi connectivity index (χ4n) is 1.53. The van der Waals surface area contributed by atoms with Crippen LogP contribution in [0.15, 0.2) is 36.7 Å². The standard InChI is InChI=1S/C13H9F3N4/c14-13(15,16)10-3-1-2-9(4-10)6-19-12-8-18-11(5-17)7-20-12/h1-4,7-8H,6H2,(H,19,20). The number of nitrogens with zero attached hydrogens (tertiary/aromatic N) is 3. The summed E-state index contributed by atoms with van der Waals surface area (Å²) in [6.45, 7) is 0.185. The van der Waals surface area contributed by atoms with Gasteiger partial charge in [-0.3, -0.25) is 0 Å². The zero-order chi connectivity index (χ0) is 14.6. The summed E-state index contributed by atoms with van der Waals surface area (Å²) in [6.07, 6.45) is -1.72. The number of hydrogen-bond donors (Lipinski definition) is 1. The van der Waals surface area contributed by atoms with Gasteiger partial charge in [0.2, 0.25) is 0 Å². The van der Waals surface area contributed by atoms with E-state index < -0.39 is 11.7 Å². The maximum atomic E-state index is 12.5. The Morgan fingerprint density at radius 3 is 2.60 bits per heavy atom. The molecule has 0 bridgehead atoms. The van der Waals surface area contributed by atoms with Gasteiger partial charge in [-0.05, 0) is 17.7 Å². The van der Waals surface area contributed by atoms with E-state index in [9.17, 15) is 13.2 Å². The summed E-state index contributed by atoms with van der Waals surface area (Å²) < 4.78 is 37.6. The molecule has 0 radical (unpaired) electrons. The van der Waals surface area contributed by atoms with Gasteiger partial charge in [-0.2, -0.15) is 18.4 Å². The summed E-state index contributed by atoms with van der Waals surface area (Å²) in [5.41, 5.74) is -0.0386. The van der Waals surface area contributed by atoms with Gasteiger partial charge in [-0.25, -0.2) is 9.97 Å². The number of nitriles is 1. The SMILES string of the molecule is N#Cc1cnc(NCc2cccc(C(F)(F)F)c2)cn1. The minimum Gasteiger partial charge on any atom is -0.365 e. The lowest BCUT2D eigenvalue weighted by Crippen LogP contribution is -2.07. The molecule has 0 atom stereocenters. The zero-order valence-electron chi connectivity index (χ0n) is 10.1. The smallest absolute Gasteiger partial charge is 0.365 e. The van der Waals surface area contributed by atoms with Crippen molar-refractivity contribution < 1.29 is 13.2 Å². The summed E-state index contributed by atoms with van der Waals surface area (Å²) in [7, 11) is 0. The van der Waals surface area contributed by atoms with Crippen LogP contribution in [0, 0.1) is 11.3 Å². The molecule has 1 heterocycles. The third-order valence-corrected chi connectivity index (χ3v) is 2.49. The van der Waals surface area contributed by atoms with Gasteiger partial charge in [-0.15, -0.1) is 0 Å². The van der Waals surface area contributed by atoms with Crippen LogP contribution < -0.4 is 5.32 Å². The van der Waals surface area contributed by atoms with Gasteiger partial charge in [0.15, 0.2) is 5.69 Å². The Morgan fingerprint density at radius 2 is 2.00 bits per heavy atom. The molecule has 4 nitrogen and oxygen atoms in total. The van der Waals surface area contributed by atoms with E-state index in [1.54, 1.807) is 6.07 Å². The quantitative estimate of drug-likeness (QED) is 0.937. The summed E-state index contributed by atoms with van der Waals surface area (Å²) in [4.78, 5) is 7.72. The Morgan fingerprint density at radius 1 is 1.20 bits per heavy atom. The fraction of sp³-hybridized carbons (Fsp3) is 0.154. The second-order valence-corrected chi connectivity index (χ2v) is 3.95. The van der Waals surface area contributed by atoms with Gasteiger partial charge >= 0.3 is 6.18 Å². The largest absolute Gasteiger partial charge is 0.416 e. The van der Waals surface area contributed by atoms with Crippen LogP contribution in [0.4, 0.5) is 19.0 Å². The number of rotatable bonds is 3. The third-order valence-electron chi connectivity index (χ3n) is 2.49. The molecular weight excluding hydrogens is 269 g/mol. The first-order valence-electron chi connectivity index (χ1n) is 5.61. The van der Waals surface area contributed by atoms with Crippen molar-refractivity contribution in [1.29, 1.82) is 5.26 Å². The molecule has 0 aliphatic carbocycles. The minimum atomic E-state index is -4.36. The van der Waals surface area contributed by atoms with Gasteiger partial charge in [-0.1, -0.05) is 12.1 Å². The fourth-order valence-corrected chi connectivity index (χ4v) is 1.53. The van der Waals surface area contributed by atoms with E-state index in [2.05, 4.69) is 15.3 Å². The molecule has 0 unspecified atom stereocenters. The minimum absolute atomic E-state index is 0.176. The van der Waals surface area contributed by atoms with E-state index in [1.807, 2.05) is 6.07 Å². The second-order valence-electron chi connectivity index (χ2n) is 3.95. The molecule has 0 spiro atoms. The molecule has 2 aromatic rings. The Hall–Kier alpha value is -2.62. The van der Waals surface area contributed by atoms with Crippen molar-refractivity contribution in [2.45, 2.75) is 12.7 Å². The Balaban J connectivity index is 2.05. The predicted octanol–water partition coefficient (Wildman–Crippen LogP) is 2.98. The van der Waals surface area contributed by atoms with E-state index in [4.69, 9.17) is 5.26 Å². The van der Waals surface area contributed by atoms with Crippen molar-refractivity contribution in [2.75, 3.05) is 5.32 Å². The number of benzene rings is 1. The lowest BCUT2D eigenvalue weighted by molar-refractivity contribution is -0.137. The summed E-state index contributed by atoms with van der Waals surface area (Å²) in [6, 6.07) is 6.85. The van der Waals surface area contributed by atoms with Crippen molar-refractivity contribution in [2.24, 2.45) is 0 Å². The first-order chi connectivity index (χ1) is 9.49. The molecule has 102 valence electrons. The first kappa shape index (κ1) is 13.8. The van der Waals surface area contributed by atoms with Crippen molar-refractivity contribution in [1.82, 2.24) is 9.97 Å². The summed E-state index contributed by atoms with van der Waals surface area (Å²) >= 11 is 0. The maximum Gasteiger partial charge on any atom is 0.416 e. The van der Waals surface area contributed by atoms with Gasteiger partial charge in [0.25, 0.3) is 0 Å². The first-order valence-corrected chi connectivity index (χ1v) is 5.61. The van der Waals surface area contributed by atoms with Gasteiger partial charge < -0.3 is 5.32 Å². The van der Waals surface area contributed by atoms with E-state index in [0.29, 0.717) is 11.4 Å². The predicted molar refractivity (Wildman–Crippen MR) is 65.5 cm³/mol. The molecular formula is C13H9F3N4. The molecule has 0 saturated heterocycles. The monoisotopic (exact) mass is 278 g/mol. The highest BCUT2D eigenvalue weighted by molar-refractivity contribution is 5.35. The zero-order valence-corrected chi connectivity index (χ0v) is 10.1. The van der Waals surface area contributed by atoms with E-state index in [1.165, 1.54) is 18.5 Å². The average molecular weight is 278 g/mol. The number of halogens is 3. The van der Waals surface area contributed by atoms with E-state index in [0.717, 1.165) is 12.1 Å². The van der Waals surface area contributed by atoms with Crippen LogP contribution in [0.2, 0.25) is 0 Å². The topological polar surface area (TPSA) is 61.6 Å². The molecule has 1 aromatic heterocycles. The number of hydrogen-bond acceptors (Lipinski definition) is 4. The van der Waals surface area contributed by atoms with Crippen molar-refractivity contribution >= 4 is 5.82 Å². The highest BCUT2D eigenvalue weighted by Crippen LogP contribution is 2.29. The highest BCUT2D eigenvalue weighted by Gasteiger charge is 2.30. The Bertz CT molecular complexity index is 629. The van der Waals surface area contributed by atoms with Gasteiger partial charge in [0.1, 0.15) is 11.9 Å². The van der Waals surface area contributed by atoms with Crippen LogP contribution in [0.1, 0.15) is 16.8 Å². The summed E-state index contributed by atoms with van der Waals surface area (Å²) in [5.74, 6) is 0.390. The number of aromatic nitrogens is 2. The van der Waals surface area contributed by atoms with Crippen molar-refractivity contribution in [3.05, 3.63) is 53.5 Å². The van der Waals surface area contributed by atoms with Crippen LogP contribution in [0.5, 0.6) is 0 Å². The van der Waals surface area contributed by atoms with Gasteiger partial charge in [0, 0.05) is 6.54 Å². The molecule has 7 heteroatoms. The lowest BCUT2D eigenvalue weighted by Gasteiger charge is -2.09. The van der Waals surface area contributed by atoms with Gasteiger partial charge in [0.05, 0.1) is 18.0 Å². The Labute approximate surface area is 112 Å². The molecule has 0 amide bonds. The highest BCUT2D eigenvalue weighted by atomic mass is 19.4. The van der Waals surface area contributed by atoms with Crippen LogP contribution in [0.3, 0.4) is 0 Å². The second kappa shape index (κ2) is 5.57. The molecule has 2 rings (SSSR count). The molecule has 0 fully saturated rings. The van der Waals surface area contributed by atoms with Crippen molar-refractivity contribution in [3.8, 4) is 6.07 Å². The van der Waals surface area contributed by atoms with Crippen molar-refractivity contribution in [3.63, 3.8) is 0 Å². The lowest BCUT2D eigenvalue weighted by atomic mass is 10.1. The van der Waals surface area contributed by atoms with Crippen LogP contribution >= 0.6 is 0 Å². The Kier molecular flexibility index (Phi) is 3.84. The maximum absolute atomic E-state index is 12.5.